The van der Waals surface area contributed by atoms with E-state index in [1.165, 1.54) is 0 Å². The number of hydrogen-bond acceptors (Lipinski definition) is 4. The number of methoxy groups -OCH3 is 2. The third-order valence-corrected chi connectivity index (χ3v) is 5.10. The Balaban J connectivity index is 1.43. The molecule has 4 aromatic rings. The van der Waals surface area contributed by atoms with Crippen molar-refractivity contribution in [2.45, 2.75) is 6.42 Å². The number of carbonyl (C=O) groups is 2. The van der Waals surface area contributed by atoms with Crippen LogP contribution in [0.1, 0.15) is 27.4 Å². The van der Waals surface area contributed by atoms with E-state index in [9.17, 15) is 9.59 Å². The van der Waals surface area contributed by atoms with E-state index in [0.717, 1.165) is 34.0 Å². The molecule has 2 aromatic heterocycles. The predicted molar refractivity (Wildman–Crippen MR) is 119 cm³/mol. The summed E-state index contributed by atoms with van der Waals surface area (Å²) in [6, 6.07) is 22.1. The van der Waals surface area contributed by atoms with Gasteiger partial charge in [-0.25, -0.2) is 0 Å². The Hall–Kier alpha value is -4.06. The van der Waals surface area contributed by atoms with Crippen LogP contribution in [-0.2, 0) is 0 Å². The number of hydrogen-bond donors (Lipinski definition) is 2. The minimum Gasteiger partial charge on any atom is -0.497 e. The number of ketones is 2. The van der Waals surface area contributed by atoms with Crippen LogP contribution in [0.2, 0.25) is 0 Å². The molecule has 31 heavy (non-hydrogen) atoms. The molecule has 0 unspecified atom stereocenters. The van der Waals surface area contributed by atoms with E-state index < -0.39 is 0 Å². The molecule has 156 valence electrons. The summed E-state index contributed by atoms with van der Waals surface area (Å²) in [6.07, 6.45) is -0.217. The number of carbonyl (C=O) groups excluding carboxylic acids is 2. The smallest absolute Gasteiger partial charge is 0.186 e. The fourth-order valence-corrected chi connectivity index (χ4v) is 3.33. The fraction of sp³-hybridized carbons (Fsp3) is 0.120. The molecule has 0 amide bonds. The molecule has 2 heterocycles. The molecule has 6 nitrogen and oxygen atoms in total. The van der Waals surface area contributed by atoms with Crippen LogP contribution in [0.4, 0.5) is 0 Å². The van der Waals surface area contributed by atoms with Gasteiger partial charge in [0, 0.05) is 11.4 Å². The van der Waals surface area contributed by atoms with Crippen LogP contribution in [0.5, 0.6) is 11.5 Å². The maximum atomic E-state index is 12.6. The maximum Gasteiger partial charge on any atom is 0.186 e. The first-order chi connectivity index (χ1) is 15.1. The van der Waals surface area contributed by atoms with Crippen LogP contribution < -0.4 is 9.47 Å². The van der Waals surface area contributed by atoms with Crippen molar-refractivity contribution < 1.29 is 19.1 Å². The summed E-state index contributed by atoms with van der Waals surface area (Å²) in [5.74, 6) is 1.00. The summed E-state index contributed by atoms with van der Waals surface area (Å²) in [7, 11) is 3.23. The highest BCUT2D eigenvalue weighted by Crippen LogP contribution is 2.24. The molecular weight excluding hydrogens is 392 g/mol. The molecule has 0 aliphatic carbocycles. The monoisotopic (exact) mass is 414 g/mol. The molecule has 0 radical (unpaired) electrons. The van der Waals surface area contributed by atoms with E-state index in [4.69, 9.17) is 9.47 Å². The normalized spacial score (nSPS) is 10.6. The maximum absolute atomic E-state index is 12.6. The second-order valence-corrected chi connectivity index (χ2v) is 7.05. The lowest BCUT2D eigenvalue weighted by Crippen LogP contribution is -2.09. The van der Waals surface area contributed by atoms with E-state index in [-0.39, 0.29) is 18.0 Å². The third-order valence-electron chi connectivity index (χ3n) is 5.10. The summed E-state index contributed by atoms with van der Waals surface area (Å²) < 4.78 is 10.3. The van der Waals surface area contributed by atoms with Gasteiger partial charge < -0.3 is 19.4 Å². The zero-order chi connectivity index (χ0) is 21.8. The van der Waals surface area contributed by atoms with Crippen molar-refractivity contribution in [2.75, 3.05) is 14.2 Å². The van der Waals surface area contributed by atoms with Gasteiger partial charge in [-0.2, -0.15) is 0 Å². The molecule has 0 saturated heterocycles. The van der Waals surface area contributed by atoms with Crippen molar-refractivity contribution in [3.63, 3.8) is 0 Å². The standard InChI is InChI=1S/C25H22N2O4/c1-30-18-7-3-16(4-8-18)20-11-13-22(26-20)24(28)15-25(29)23-14-12-21(27-23)17-5-9-19(31-2)10-6-17/h3-14,26-27H,15H2,1-2H3. The predicted octanol–water partition coefficient (Wildman–Crippen LogP) is 5.15. The van der Waals surface area contributed by atoms with Crippen molar-refractivity contribution >= 4 is 11.6 Å². The molecule has 0 spiro atoms. The van der Waals surface area contributed by atoms with Crippen LogP contribution in [0.3, 0.4) is 0 Å². The zero-order valence-electron chi connectivity index (χ0n) is 17.3. The summed E-state index contributed by atoms with van der Waals surface area (Å²) in [5, 5.41) is 0. The van der Waals surface area contributed by atoms with Gasteiger partial charge in [-0.15, -0.1) is 0 Å². The molecule has 0 aliphatic rings. The second-order valence-electron chi connectivity index (χ2n) is 7.05. The summed E-state index contributed by atoms with van der Waals surface area (Å²) in [5.41, 5.74) is 4.28. The number of aromatic nitrogens is 2. The van der Waals surface area contributed by atoms with Crippen LogP contribution >= 0.6 is 0 Å². The van der Waals surface area contributed by atoms with Crippen molar-refractivity contribution in [1.29, 1.82) is 0 Å². The first-order valence-electron chi connectivity index (χ1n) is 9.80. The Labute approximate surface area is 179 Å². The van der Waals surface area contributed by atoms with E-state index in [1.54, 1.807) is 26.4 Å². The second kappa shape index (κ2) is 8.75. The van der Waals surface area contributed by atoms with Gasteiger partial charge >= 0.3 is 0 Å². The molecule has 0 atom stereocenters. The highest BCUT2D eigenvalue weighted by molar-refractivity contribution is 6.12. The minimum absolute atomic E-state index is 0.217. The number of nitrogens with one attached hydrogen (secondary N) is 2. The quantitative estimate of drug-likeness (QED) is 0.308. The third kappa shape index (κ3) is 4.43. The Morgan fingerprint density at radius 2 is 1.00 bits per heavy atom. The Bertz CT molecular complexity index is 1110. The van der Waals surface area contributed by atoms with E-state index in [1.807, 2.05) is 60.7 Å². The number of rotatable bonds is 8. The SMILES string of the molecule is COc1ccc(-c2ccc(C(=O)CC(=O)c3ccc(-c4ccc(OC)cc4)[nH]3)[nH]2)cc1. The van der Waals surface area contributed by atoms with E-state index in [0.29, 0.717) is 11.4 Å². The molecule has 0 bridgehead atoms. The highest BCUT2D eigenvalue weighted by atomic mass is 16.5. The minimum atomic E-state index is -0.259. The zero-order valence-corrected chi connectivity index (χ0v) is 17.3. The van der Waals surface area contributed by atoms with Crippen molar-refractivity contribution in [2.24, 2.45) is 0 Å². The van der Waals surface area contributed by atoms with Crippen LogP contribution in [0, 0.1) is 0 Å². The summed E-state index contributed by atoms with van der Waals surface area (Å²) in [4.78, 5) is 31.4. The molecule has 2 N–H and O–H groups in total. The first kappa shape index (κ1) is 20.2. The fourth-order valence-electron chi connectivity index (χ4n) is 3.33. The van der Waals surface area contributed by atoms with Crippen LogP contribution in [0.25, 0.3) is 22.5 Å². The summed E-state index contributed by atoms with van der Waals surface area (Å²) >= 11 is 0. The molecule has 0 fully saturated rings. The van der Waals surface area contributed by atoms with Crippen molar-refractivity contribution in [1.82, 2.24) is 9.97 Å². The number of H-pyrrole nitrogens is 2. The lowest BCUT2D eigenvalue weighted by molar-refractivity contribution is 0.0889. The Morgan fingerprint density at radius 3 is 1.35 bits per heavy atom. The van der Waals surface area contributed by atoms with E-state index >= 15 is 0 Å². The first-order valence-corrected chi connectivity index (χ1v) is 9.80. The van der Waals surface area contributed by atoms with Crippen molar-refractivity contribution in [3.05, 3.63) is 84.2 Å². The number of benzene rings is 2. The number of Topliss-reactive ketones (excluding diaryl/α,β-unsaturated/α-hetero) is 2. The topological polar surface area (TPSA) is 84.2 Å². The average Bonchev–Trinajstić information content (AvgIpc) is 3.50. The average molecular weight is 414 g/mol. The largest absolute Gasteiger partial charge is 0.497 e. The molecule has 2 aromatic carbocycles. The van der Waals surface area contributed by atoms with Gasteiger partial charge in [0.1, 0.15) is 11.5 Å². The van der Waals surface area contributed by atoms with Gasteiger partial charge in [0.2, 0.25) is 0 Å². The van der Waals surface area contributed by atoms with Gasteiger partial charge in [-0.3, -0.25) is 9.59 Å². The Kier molecular flexibility index (Phi) is 5.71. The van der Waals surface area contributed by atoms with E-state index in [2.05, 4.69) is 9.97 Å². The van der Waals surface area contributed by atoms with Crippen molar-refractivity contribution in [3.8, 4) is 34.0 Å². The Morgan fingerprint density at radius 1 is 0.613 bits per heavy atom. The number of aromatic amines is 2. The number of ether oxygens (including phenoxy) is 2. The molecule has 4 rings (SSSR count). The van der Waals surface area contributed by atoms with Crippen LogP contribution in [-0.4, -0.2) is 35.8 Å². The highest BCUT2D eigenvalue weighted by Gasteiger charge is 2.17. The lowest BCUT2D eigenvalue weighted by atomic mass is 10.1. The lowest BCUT2D eigenvalue weighted by Gasteiger charge is -2.02. The molecule has 6 heteroatoms. The van der Waals surface area contributed by atoms with Gasteiger partial charge in [-0.05, 0) is 83.9 Å². The molecule has 0 aliphatic heterocycles. The molecular formula is C25H22N2O4. The van der Waals surface area contributed by atoms with Gasteiger partial charge in [0.15, 0.2) is 11.6 Å². The molecule has 0 saturated carbocycles. The summed E-state index contributed by atoms with van der Waals surface area (Å²) in [6.45, 7) is 0. The van der Waals surface area contributed by atoms with Gasteiger partial charge in [-0.1, -0.05) is 0 Å². The van der Waals surface area contributed by atoms with Gasteiger partial charge in [0.25, 0.3) is 0 Å². The van der Waals surface area contributed by atoms with Gasteiger partial charge in [0.05, 0.1) is 32.0 Å². The van der Waals surface area contributed by atoms with Crippen LogP contribution in [0.15, 0.2) is 72.8 Å².